The minimum Gasteiger partial charge on any atom is -0.506 e. The van der Waals surface area contributed by atoms with Crippen molar-refractivity contribution in [2.24, 2.45) is 0 Å². The van der Waals surface area contributed by atoms with Crippen LogP contribution in [-0.4, -0.2) is 24.6 Å². The zero-order valence-corrected chi connectivity index (χ0v) is 10.2. The molecule has 0 spiro atoms. The average Bonchev–Trinajstić information content (AvgIpc) is 3.18. The van der Waals surface area contributed by atoms with Gasteiger partial charge in [-0.15, -0.1) is 0 Å². The smallest absolute Gasteiger partial charge is 0.143 e. The highest BCUT2D eigenvalue weighted by Gasteiger charge is 2.28. The van der Waals surface area contributed by atoms with Crippen molar-refractivity contribution in [2.75, 3.05) is 0 Å². The molecule has 1 N–H and O–H groups in total. The molecule has 0 saturated heterocycles. The number of nitrogens with zero attached hydrogens (tertiary/aromatic N) is 4. The first-order valence-corrected chi connectivity index (χ1v) is 6.29. The monoisotopic (exact) mass is 252 g/mol. The fourth-order valence-corrected chi connectivity index (χ4v) is 2.41. The molecule has 5 nitrogen and oxygen atoms in total. The number of hydrogen-bond acceptors (Lipinski definition) is 4. The standard InChI is InChI=1S/C14H12N4O/c19-11-5-9(6-16-7-11)14-17-12-8-15-4-3-13(12)18(14)10-1-2-10/h3-8,10,19H,1-2H2. The van der Waals surface area contributed by atoms with E-state index in [0.717, 1.165) is 22.4 Å². The summed E-state index contributed by atoms with van der Waals surface area (Å²) in [6.45, 7) is 0. The number of rotatable bonds is 2. The molecule has 0 unspecified atom stereocenters. The van der Waals surface area contributed by atoms with Crippen LogP contribution in [0.3, 0.4) is 0 Å². The lowest BCUT2D eigenvalue weighted by Gasteiger charge is -2.07. The van der Waals surface area contributed by atoms with Gasteiger partial charge in [0.25, 0.3) is 0 Å². The Morgan fingerprint density at radius 3 is 2.84 bits per heavy atom. The van der Waals surface area contributed by atoms with Crippen LogP contribution in [0.1, 0.15) is 18.9 Å². The van der Waals surface area contributed by atoms with Crippen molar-refractivity contribution in [1.82, 2.24) is 19.5 Å². The lowest BCUT2D eigenvalue weighted by molar-refractivity contribution is 0.473. The van der Waals surface area contributed by atoms with E-state index in [4.69, 9.17) is 0 Å². The van der Waals surface area contributed by atoms with Crippen molar-refractivity contribution in [1.29, 1.82) is 0 Å². The molecule has 1 aliphatic rings. The van der Waals surface area contributed by atoms with E-state index in [2.05, 4.69) is 19.5 Å². The van der Waals surface area contributed by atoms with Crippen LogP contribution < -0.4 is 0 Å². The molecular formula is C14H12N4O. The summed E-state index contributed by atoms with van der Waals surface area (Å²) in [4.78, 5) is 12.8. The predicted octanol–water partition coefficient (Wildman–Crippen LogP) is 2.53. The van der Waals surface area contributed by atoms with Gasteiger partial charge in [-0.25, -0.2) is 4.98 Å². The van der Waals surface area contributed by atoms with Gasteiger partial charge in [0, 0.05) is 24.0 Å². The molecule has 1 saturated carbocycles. The summed E-state index contributed by atoms with van der Waals surface area (Å²) in [6, 6.07) is 4.19. The van der Waals surface area contributed by atoms with Crippen LogP contribution in [-0.2, 0) is 0 Å². The zero-order chi connectivity index (χ0) is 12.8. The minimum atomic E-state index is 0.157. The number of aromatic hydroxyl groups is 1. The summed E-state index contributed by atoms with van der Waals surface area (Å²) in [7, 11) is 0. The van der Waals surface area contributed by atoms with Gasteiger partial charge in [-0.3, -0.25) is 9.97 Å². The maximum absolute atomic E-state index is 9.58. The van der Waals surface area contributed by atoms with E-state index in [-0.39, 0.29) is 5.75 Å². The van der Waals surface area contributed by atoms with E-state index in [0.29, 0.717) is 6.04 Å². The Balaban J connectivity index is 2.00. The Kier molecular flexibility index (Phi) is 2.09. The summed E-state index contributed by atoms with van der Waals surface area (Å²) in [5.41, 5.74) is 2.81. The van der Waals surface area contributed by atoms with E-state index in [1.807, 2.05) is 6.07 Å². The van der Waals surface area contributed by atoms with Crippen LogP contribution in [0, 0.1) is 0 Å². The highest BCUT2D eigenvalue weighted by Crippen LogP contribution is 2.41. The highest BCUT2D eigenvalue weighted by molar-refractivity contribution is 5.80. The first-order chi connectivity index (χ1) is 9.33. The topological polar surface area (TPSA) is 63.8 Å². The molecule has 3 aromatic heterocycles. The fourth-order valence-electron chi connectivity index (χ4n) is 2.41. The van der Waals surface area contributed by atoms with E-state index >= 15 is 0 Å². The largest absolute Gasteiger partial charge is 0.506 e. The molecule has 0 aromatic carbocycles. The second-order valence-electron chi connectivity index (χ2n) is 4.83. The molecular weight excluding hydrogens is 240 g/mol. The van der Waals surface area contributed by atoms with Crippen LogP contribution in [0.2, 0.25) is 0 Å². The molecule has 19 heavy (non-hydrogen) atoms. The van der Waals surface area contributed by atoms with Gasteiger partial charge in [0.1, 0.15) is 17.1 Å². The van der Waals surface area contributed by atoms with Crippen LogP contribution in [0.15, 0.2) is 36.9 Å². The third-order valence-corrected chi connectivity index (χ3v) is 3.39. The van der Waals surface area contributed by atoms with Crippen molar-refractivity contribution in [3.05, 3.63) is 36.9 Å². The van der Waals surface area contributed by atoms with Crippen LogP contribution >= 0.6 is 0 Å². The minimum absolute atomic E-state index is 0.157. The summed E-state index contributed by atoms with van der Waals surface area (Å²) in [5, 5.41) is 9.58. The highest BCUT2D eigenvalue weighted by atomic mass is 16.3. The Hall–Kier alpha value is -2.43. The van der Waals surface area contributed by atoms with Crippen molar-refractivity contribution in [2.45, 2.75) is 18.9 Å². The summed E-state index contributed by atoms with van der Waals surface area (Å²) < 4.78 is 2.23. The number of fused-ring (bicyclic) bond motifs is 1. The van der Waals surface area contributed by atoms with Gasteiger partial charge >= 0.3 is 0 Å². The molecule has 5 heteroatoms. The van der Waals surface area contributed by atoms with Crippen molar-refractivity contribution < 1.29 is 5.11 Å². The first kappa shape index (κ1) is 10.5. The molecule has 0 amide bonds. The van der Waals surface area contributed by atoms with Gasteiger partial charge in [-0.2, -0.15) is 0 Å². The second kappa shape index (κ2) is 3.78. The summed E-state index contributed by atoms with van der Waals surface area (Å²) >= 11 is 0. The molecule has 0 atom stereocenters. The van der Waals surface area contributed by atoms with E-state index in [1.54, 1.807) is 24.7 Å². The predicted molar refractivity (Wildman–Crippen MR) is 70.7 cm³/mol. The number of imidazole rings is 1. The van der Waals surface area contributed by atoms with Crippen molar-refractivity contribution in [3.8, 4) is 17.1 Å². The molecule has 4 rings (SSSR count). The molecule has 3 heterocycles. The molecule has 3 aromatic rings. The third-order valence-electron chi connectivity index (χ3n) is 3.39. The molecule has 1 aliphatic carbocycles. The van der Waals surface area contributed by atoms with E-state index in [9.17, 15) is 5.11 Å². The molecule has 0 bridgehead atoms. The van der Waals surface area contributed by atoms with Crippen LogP contribution in [0.25, 0.3) is 22.4 Å². The quantitative estimate of drug-likeness (QED) is 0.761. The third kappa shape index (κ3) is 1.66. The summed E-state index contributed by atoms with van der Waals surface area (Å²) in [6.07, 6.45) is 9.06. The zero-order valence-electron chi connectivity index (χ0n) is 10.2. The van der Waals surface area contributed by atoms with Gasteiger partial charge in [0.2, 0.25) is 0 Å². The van der Waals surface area contributed by atoms with Crippen molar-refractivity contribution >= 4 is 11.0 Å². The lowest BCUT2D eigenvalue weighted by Crippen LogP contribution is -1.97. The van der Waals surface area contributed by atoms with E-state index < -0.39 is 0 Å². The number of hydrogen-bond donors (Lipinski definition) is 1. The molecule has 0 aliphatic heterocycles. The molecule has 94 valence electrons. The molecule has 0 radical (unpaired) electrons. The molecule has 1 fully saturated rings. The number of aromatic nitrogens is 4. The fraction of sp³-hybridized carbons (Fsp3) is 0.214. The first-order valence-electron chi connectivity index (χ1n) is 6.29. The van der Waals surface area contributed by atoms with Gasteiger partial charge in [0.15, 0.2) is 0 Å². The second-order valence-corrected chi connectivity index (χ2v) is 4.83. The van der Waals surface area contributed by atoms with Gasteiger partial charge in [-0.1, -0.05) is 0 Å². The van der Waals surface area contributed by atoms with Crippen LogP contribution in [0.4, 0.5) is 0 Å². The Labute approximate surface area is 109 Å². The maximum Gasteiger partial charge on any atom is 0.143 e. The van der Waals surface area contributed by atoms with Crippen molar-refractivity contribution in [3.63, 3.8) is 0 Å². The van der Waals surface area contributed by atoms with Crippen LogP contribution in [0.5, 0.6) is 5.75 Å². The Morgan fingerprint density at radius 2 is 2.05 bits per heavy atom. The summed E-state index contributed by atoms with van der Waals surface area (Å²) in [5.74, 6) is 1.01. The Bertz CT molecular complexity index is 761. The van der Waals surface area contributed by atoms with Gasteiger partial charge in [0.05, 0.1) is 17.9 Å². The van der Waals surface area contributed by atoms with Gasteiger partial charge < -0.3 is 9.67 Å². The number of pyridine rings is 2. The maximum atomic E-state index is 9.58. The lowest BCUT2D eigenvalue weighted by atomic mass is 10.2. The average molecular weight is 252 g/mol. The van der Waals surface area contributed by atoms with E-state index in [1.165, 1.54) is 19.0 Å². The Morgan fingerprint density at radius 1 is 1.16 bits per heavy atom. The van der Waals surface area contributed by atoms with Gasteiger partial charge in [-0.05, 0) is 25.0 Å². The normalized spacial score (nSPS) is 14.9. The SMILES string of the molecule is Oc1cncc(-c2nc3cnccc3n2C2CC2)c1.